The summed E-state index contributed by atoms with van der Waals surface area (Å²) < 4.78 is 36.9. The summed E-state index contributed by atoms with van der Waals surface area (Å²) in [4.78, 5) is 38.3. The van der Waals surface area contributed by atoms with Gasteiger partial charge in [-0.15, -0.1) is 0 Å². The molecule has 7 nitrogen and oxygen atoms in total. The third kappa shape index (κ3) is 3.96. The van der Waals surface area contributed by atoms with E-state index in [4.69, 9.17) is 4.42 Å². The van der Waals surface area contributed by atoms with Crippen LogP contribution in [0.1, 0.15) is 37.1 Å². The van der Waals surface area contributed by atoms with Crippen LogP contribution in [0.4, 0.5) is 25.8 Å². The molecule has 5 rings (SSSR count). The quantitative estimate of drug-likeness (QED) is 0.382. The molecular weight excluding hydrogens is 468 g/mol. The summed E-state index contributed by atoms with van der Waals surface area (Å²) in [6, 6.07) is 9.85. The number of pyridine rings is 1. The van der Waals surface area contributed by atoms with Crippen LogP contribution >= 0.6 is 0 Å². The first-order chi connectivity index (χ1) is 17.2. The molecule has 0 atom stereocenters. The van der Waals surface area contributed by atoms with Gasteiger partial charge in [0.1, 0.15) is 17.0 Å². The molecule has 2 aromatic carbocycles. The number of hydrogen-bond donors (Lipinski definition) is 2. The first-order valence-electron chi connectivity index (χ1n) is 11.5. The molecule has 2 aromatic heterocycles. The first kappa shape index (κ1) is 23.5. The third-order valence-electron chi connectivity index (χ3n) is 6.34. The van der Waals surface area contributed by atoms with E-state index in [0.717, 1.165) is 12.8 Å². The maximum atomic E-state index is 15.2. The van der Waals surface area contributed by atoms with E-state index in [9.17, 15) is 18.8 Å². The molecule has 0 saturated heterocycles. The normalized spacial score (nSPS) is 13.1. The molecule has 9 heteroatoms. The molecule has 1 fully saturated rings. The van der Waals surface area contributed by atoms with Crippen molar-refractivity contribution in [3.63, 3.8) is 0 Å². The lowest BCUT2D eigenvalue weighted by molar-refractivity contribution is -0.114. The predicted octanol–water partition coefficient (Wildman–Crippen LogP) is 5.55. The molecule has 184 valence electrons. The van der Waals surface area contributed by atoms with Crippen molar-refractivity contribution in [1.29, 1.82) is 0 Å². The van der Waals surface area contributed by atoms with Crippen molar-refractivity contribution >= 4 is 33.9 Å². The van der Waals surface area contributed by atoms with Gasteiger partial charge in [-0.25, -0.2) is 13.6 Å². The zero-order valence-corrected chi connectivity index (χ0v) is 19.9. The van der Waals surface area contributed by atoms with Crippen molar-refractivity contribution in [3.05, 3.63) is 86.1 Å². The van der Waals surface area contributed by atoms with Gasteiger partial charge in [-0.05, 0) is 57.0 Å². The summed E-state index contributed by atoms with van der Waals surface area (Å²) in [5.41, 5.74) is 0.0395. The second-order valence-electron chi connectivity index (χ2n) is 8.94. The van der Waals surface area contributed by atoms with Crippen LogP contribution in [-0.4, -0.2) is 10.5 Å². The standard InChI is InChI=1S/C27H23F2N3O4/c1-13-24(31-21-7-5-4-6-20(21)29)23-25(36-27(13)35)22(14(2)32(26(23)34)17-9-10-17)18-12-16(30-15(3)33)8-11-19(18)28/h4-8,11-12,17,31H,9-10H2,1-3H3,(H,30,33). The highest BCUT2D eigenvalue weighted by molar-refractivity contribution is 6.02. The van der Waals surface area contributed by atoms with Crippen molar-refractivity contribution in [3.8, 4) is 11.1 Å². The van der Waals surface area contributed by atoms with Gasteiger partial charge in [0, 0.05) is 35.5 Å². The summed E-state index contributed by atoms with van der Waals surface area (Å²) in [6.07, 6.45) is 1.54. The number of rotatable bonds is 5. The molecule has 0 aliphatic heterocycles. The van der Waals surface area contributed by atoms with Crippen molar-refractivity contribution in [1.82, 2.24) is 4.57 Å². The fourth-order valence-electron chi connectivity index (χ4n) is 4.50. The monoisotopic (exact) mass is 491 g/mol. The van der Waals surface area contributed by atoms with Crippen LogP contribution in [0.15, 0.2) is 56.5 Å². The molecule has 0 unspecified atom stereocenters. The van der Waals surface area contributed by atoms with Crippen LogP contribution in [-0.2, 0) is 4.79 Å². The minimum atomic E-state index is -0.746. The van der Waals surface area contributed by atoms with Crippen LogP contribution in [0.2, 0.25) is 0 Å². The molecule has 2 N–H and O–H groups in total. The third-order valence-corrected chi connectivity index (χ3v) is 6.34. The van der Waals surface area contributed by atoms with Crippen LogP contribution in [0.5, 0.6) is 0 Å². The van der Waals surface area contributed by atoms with Gasteiger partial charge in [-0.1, -0.05) is 12.1 Å². The smallest absolute Gasteiger partial charge is 0.341 e. The molecule has 4 aromatic rings. The van der Waals surface area contributed by atoms with E-state index in [2.05, 4.69) is 10.6 Å². The minimum absolute atomic E-state index is 0.0205. The molecular formula is C27H23F2N3O4. The van der Waals surface area contributed by atoms with Gasteiger partial charge in [-0.3, -0.25) is 9.59 Å². The number of halogens is 2. The second kappa shape index (κ2) is 8.75. The van der Waals surface area contributed by atoms with Crippen LogP contribution in [0.3, 0.4) is 0 Å². The molecule has 0 bridgehead atoms. The lowest BCUT2D eigenvalue weighted by Gasteiger charge is -2.20. The number of hydrogen-bond acceptors (Lipinski definition) is 5. The van der Waals surface area contributed by atoms with Crippen molar-refractivity contribution < 1.29 is 18.0 Å². The van der Waals surface area contributed by atoms with Crippen LogP contribution in [0, 0.1) is 25.5 Å². The highest BCUT2D eigenvalue weighted by atomic mass is 19.1. The van der Waals surface area contributed by atoms with Crippen molar-refractivity contribution in [2.75, 3.05) is 10.6 Å². The second-order valence-corrected chi connectivity index (χ2v) is 8.94. The Hall–Kier alpha value is -4.27. The number of nitrogens with zero attached hydrogens (tertiary/aromatic N) is 1. The average molecular weight is 491 g/mol. The fourth-order valence-corrected chi connectivity index (χ4v) is 4.50. The summed E-state index contributed by atoms with van der Waals surface area (Å²) in [6.45, 7) is 4.48. The molecule has 1 saturated carbocycles. The Morgan fingerprint density at radius 1 is 1.06 bits per heavy atom. The Labute approximate surface area is 204 Å². The Bertz CT molecular complexity index is 1670. The van der Waals surface area contributed by atoms with E-state index < -0.39 is 22.8 Å². The first-order valence-corrected chi connectivity index (χ1v) is 11.5. The van der Waals surface area contributed by atoms with Gasteiger partial charge in [0.2, 0.25) is 5.91 Å². The van der Waals surface area contributed by atoms with E-state index in [-0.39, 0.29) is 51.0 Å². The number of benzene rings is 2. The zero-order chi connectivity index (χ0) is 25.7. The summed E-state index contributed by atoms with van der Waals surface area (Å²) in [7, 11) is 0. The number of carbonyl (C=O) groups excluding carboxylic acids is 1. The number of para-hydroxylation sites is 1. The number of fused-ring (bicyclic) bond motifs is 1. The maximum absolute atomic E-state index is 15.2. The number of nitrogens with one attached hydrogen (secondary N) is 2. The largest absolute Gasteiger partial charge is 0.421 e. The number of anilines is 3. The van der Waals surface area contributed by atoms with Crippen LogP contribution in [0.25, 0.3) is 22.1 Å². The Kier molecular flexibility index (Phi) is 5.70. The summed E-state index contributed by atoms with van der Waals surface area (Å²) in [5, 5.41) is 5.54. The highest BCUT2D eigenvalue weighted by Gasteiger charge is 2.32. The lowest BCUT2D eigenvalue weighted by Crippen LogP contribution is -2.25. The topological polar surface area (TPSA) is 93.3 Å². The van der Waals surface area contributed by atoms with E-state index in [1.165, 1.54) is 50.2 Å². The van der Waals surface area contributed by atoms with Gasteiger partial charge < -0.3 is 19.6 Å². The van der Waals surface area contributed by atoms with Gasteiger partial charge in [0.25, 0.3) is 5.56 Å². The van der Waals surface area contributed by atoms with E-state index in [0.29, 0.717) is 11.4 Å². The Balaban J connectivity index is 1.89. The number of aromatic nitrogens is 1. The predicted molar refractivity (Wildman–Crippen MR) is 134 cm³/mol. The van der Waals surface area contributed by atoms with E-state index in [1.807, 2.05) is 0 Å². The van der Waals surface area contributed by atoms with E-state index in [1.54, 1.807) is 17.6 Å². The van der Waals surface area contributed by atoms with Gasteiger partial charge in [0.15, 0.2) is 5.58 Å². The number of amides is 1. The van der Waals surface area contributed by atoms with Gasteiger partial charge >= 0.3 is 5.63 Å². The average Bonchev–Trinajstić information content (AvgIpc) is 3.65. The molecule has 2 heterocycles. The zero-order valence-electron chi connectivity index (χ0n) is 19.9. The fraction of sp³-hybridized carbons (Fsp3) is 0.222. The van der Waals surface area contributed by atoms with Gasteiger partial charge in [-0.2, -0.15) is 0 Å². The molecule has 0 radical (unpaired) electrons. The van der Waals surface area contributed by atoms with Gasteiger partial charge in [0.05, 0.1) is 16.9 Å². The van der Waals surface area contributed by atoms with E-state index >= 15 is 4.39 Å². The highest BCUT2D eigenvalue weighted by Crippen LogP contribution is 2.41. The molecule has 1 aliphatic carbocycles. The Morgan fingerprint density at radius 3 is 2.44 bits per heavy atom. The molecule has 1 amide bonds. The van der Waals surface area contributed by atoms with Crippen molar-refractivity contribution in [2.24, 2.45) is 0 Å². The molecule has 36 heavy (non-hydrogen) atoms. The lowest BCUT2D eigenvalue weighted by atomic mass is 9.98. The molecule has 1 aliphatic rings. The minimum Gasteiger partial charge on any atom is -0.421 e. The SMILES string of the molecule is CC(=O)Nc1ccc(F)c(-c2c(C)n(C3CC3)c(=O)c3c(Nc4ccccc4F)c(C)c(=O)oc23)c1. The Morgan fingerprint density at radius 2 is 1.78 bits per heavy atom. The summed E-state index contributed by atoms with van der Waals surface area (Å²) in [5.74, 6) is -1.53. The van der Waals surface area contributed by atoms with Crippen molar-refractivity contribution in [2.45, 2.75) is 39.7 Å². The summed E-state index contributed by atoms with van der Waals surface area (Å²) >= 11 is 0. The molecule has 0 spiro atoms. The van der Waals surface area contributed by atoms with Crippen LogP contribution < -0.4 is 21.8 Å². The number of carbonyl (C=O) groups is 1. The maximum Gasteiger partial charge on any atom is 0.341 e.